The number of carbonyl (C=O) groups excluding carboxylic acids is 3. The number of hydrogen-bond donors (Lipinski definition) is 2. The van der Waals surface area contributed by atoms with E-state index in [2.05, 4.69) is 24.5 Å². The summed E-state index contributed by atoms with van der Waals surface area (Å²) in [5.74, 6) is 0.281. The number of imide groups is 1. The van der Waals surface area contributed by atoms with Crippen molar-refractivity contribution in [3.63, 3.8) is 0 Å². The fraction of sp³-hybridized carbons (Fsp3) is 0.550. The fourth-order valence-corrected chi connectivity index (χ4v) is 3.99. The summed E-state index contributed by atoms with van der Waals surface area (Å²) >= 11 is 0. The van der Waals surface area contributed by atoms with Gasteiger partial charge in [-0.3, -0.25) is 14.5 Å². The van der Waals surface area contributed by atoms with Crippen LogP contribution in [0, 0.1) is 11.8 Å². The molecule has 1 saturated carbocycles. The topological polar surface area (TPSA) is 78.5 Å². The molecular weight excluding hydrogens is 330 g/mol. The van der Waals surface area contributed by atoms with E-state index in [1.165, 1.54) is 6.42 Å². The molecule has 6 heteroatoms. The summed E-state index contributed by atoms with van der Waals surface area (Å²) in [6.07, 6.45) is 3.21. The molecule has 3 rings (SSSR count). The molecule has 2 aliphatic rings. The highest BCUT2D eigenvalue weighted by atomic mass is 16.2. The van der Waals surface area contributed by atoms with Crippen LogP contribution in [0.3, 0.4) is 0 Å². The molecule has 1 aliphatic heterocycles. The monoisotopic (exact) mass is 357 g/mol. The zero-order valence-corrected chi connectivity index (χ0v) is 15.6. The smallest absolute Gasteiger partial charge is 0.325 e. The minimum Gasteiger partial charge on any atom is -0.352 e. The zero-order chi connectivity index (χ0) is 18.9. The minimum atomic E-state index is -1.13. The van der Waals surface area contributed by atoms with Crippen molar-refractivity contribution in [2.24, 2.45) is 11.8 Å². The first-order valence-corrected chi connectivity index (χ1v) is 9.32. The zero-order valence-electron chi connectivity index (χ0n) is 15.6. The van der Waals surface area contributed by atoms with Crippen LogP contribution < -0.4 is 10.6 Å². The predicted octanol–water partition coefficient (Wildman–Crippen LogP) is 2.39. The van der Waals surface area contributed by atoms with Crippen LogP contribution in [0.5, 0.6) is 0 Å². The molecule has 4 amide bonds. The summed E-state index contributed by atoms with van der Waals surface area (Å²) in [5, 5.41) is 5.75. The summed E-state index contributed by atoms with van der Waals surface area (Å²) < 4.78 is 0. The second-order valence-corrected chi connectivity index (χ2v) is 7.75. The maximum absolute atomic E-state index is 12.8. The molecule has 1 heterocycles. The molecule has 2 fully saturated rings. The molecule has 0 radical (unpaired) electrons. The summed E-state index contributed by atoms with van der Waals surface area (Å²) in [4.78, 5) is 38.7. The fourth-order valence-electron chi connectivity index (χ4n) is 3.99. The number of nitrogens with zero attached hydrogens (tertiary/aromatic N) is 1. The average molecular weight is 357 g/mol. The van der Waals surface area contributed by atoms with Gasteiger partial charge in [0, 0.05) is 6.04 Å². The van der Waals surface area contributed by atoms with Gasteiger partial charge in [0.05, 0.1) is 0 Å². The second-order valence-electron chi connectivity index (χ2n) is 7.75. The molecule has 0 unspecified atom stereocenters. The Labute approximate surface area is 154 Å². The third-order valence-corrected chi connectivity index (χ3v) is 5.98. The Morgan fingerprint density at radius 2 is 1.92 bits per heavy atom. The minimum absolute atomic E-state index is 0.104. The maximum atomic E-state index is 12.8. The van der Waals surface area contributed by atoms with E-state index in [4.69, 9.17) is 0 Å². The molecule has 140 valence electrons. The van der Waals surface area contributed by atoms with Crippen molar-refractivity contribution >= 4 is 17.8 Å². The second kappa shape index (κ2) is 7.09. The maximum Gasteiger partial charge on any atom is 0.325 e. The third-order valence-electron chi connectivity index (χ3n) is 5.98. The van der Waals surface area contributed by atoms with Crippen molar-refractivity contribution in [2.75, 3.05) is 6.54 Å². The molecule has 4 atom stereocenters. The van der Waals surface area contributed by atoms with Gasteiger partial charge in [-0.15, -0.1) is 0 Å². The van der Waals surface area contributed by atoms with Gasteiger partial charge in [0.15, 0.2) is 0 Å². The quantitative estimate of drug-likeness (QED) is 0.812. The Morgan fingerprint density at radius 1 is 1.23 bits per heavy atom. The first-order chi connectivity index (χ1) is 12.3. The number of carbonyl (C=O) groups is 3. The van der Waals surface area contributed by atoms with Gasteiger partial charge in [-0.2, -0.15) is 0 Å². The number of hydrogen-bond acceptors (Lipinski definition) is 3. The largest absolute Gasteiger partial charge is 0.352 e. The highest BCUT2D eigenvalue weighted by molar-refractivity contribution is 6.09. The van der Waals surface area contributed by atoms with Gasteiger partial charge >= 0.3 is 6.03 Å². The number of benzene rings is 1. The van der Waals surface area contributed by atoms with Crippen molar-refractivity contribution < 1.29 is 14.4 Å². The Balaban J connectivity index is 1.67. The standard InChI is InChI=1S/C20H27N3O3/c1-13-8-7-11-16(14(13)2)21-17(24)12-23-18(25)20(3,22-19(23)26)15-9-5-4-6-10-15/h4-6,9-10,13-14,16H,7-8,11-12H2,1-3H3,(H,21,24)(H,22,26)/t13-,14+,16-,20+/m0/s1. The van der Waals surface area contributed by atoms with Crippen LogP contribution >= 0.6 is 0 Å². The van der Waals surface area contributed by atoms with Crippen LogP contribution in [0.15, 0.2) is 30.3 Å². The van der Waals surface area contributed by atoms with Crippen LogP contribution in [0.4, 0.5) is 4.79 Å². The van der Waals surface area contributed by atoms with Crippen molar-refractivity contribution in [1.29, 1.82) is 0 Å². The van der Waals surface area contributed by atoms with E-state index >= 15 is 0 Å². The number of amides is 4. The third kappa shape index (κ3) is 3.32. The van der Waals surface area contributed by atoms with Gasteiger partial charge in [0.25, 0.3) is 5.91 Å². The highest BCUT2D eigenvalue weighted by Crippen LogP contribution is 2.30. The molecule has 0 spiro atoms. The first-order valence-electron chi connectivity index (χ1n) is 9.32. The summed E-state index contributed by atoms with van der Waals surface area (Å²) in [5.41, 5.74) is -0.429. The van der Waals surface area contributed by atoms with E-state index < -0.39 is 17.5 Å². The Kier molecular flexibility index (Phi) is 5.03. The molecule has 26 heavy (non-hydrogen) atoms. The normalized spacial score (nSPS) is 31.7. The van der Waals surface area contributed by atoms with Crippen LogP contribution in [-0.4, -0.2) is 35.3 Å². The lowest BCUT2D eigenvalue weighted by Gasteiger charge is -2.34. The van der Waals surface area contributed by atoms with Crippen molar-refractivity contribution in [2.45, 2.75) is 51.6 Å². The number of rotatable bonds is 4. The van der Waals surface area contributed by atoms with Crippen molar-refractivity contribution in [1.82, 2.24) is 15.5 Å². The molecule has 1 aromatic rings. The van der Waals surface area contributed by atoms with E-state index in [1.54, 1.807) is 19.1 Å². The molecule has 1 aliphatic carbocycles. The van der Waals surface area contributed by atoms with E-state index in [1.807, 2.05) is 18.2 Å². The van der Waals surface area contributed by atoms with Crippen molar-refractivity contribution in [3.05, 3.63) is 35.9 Å². The van der Waals surface area contributed by atoms with Gasteiger partial charge in [0.2, 0.25) is 5.91 Å². The summed E-state index contributed by atoms with van der Waals surface area (Å²) in [7, 11) is 0. The van der Waals surface area contributed by atoms with E-state index in [0.717, 1.165) is 17.7 Å². The summed E-state index contributed by atoms with van der Waals surface area (Å²) in [6.45, 7) is 5.77. The summed E-state index contributed by atoms with van der Waals surface area (Å²) in [6, 6.07) is 8.67. The van der Waals surface area contributed by atoms with Gasteiger partial charge in [-0.05, 0) is 30.7 Å². The average Bonchev–Trinajstić information content (AvgIpc) is 2.84. The molecule has 0 aromatic heterocycles. The van der Waals surface area contributed by atoms with Gasteiger partial charge in [0.1, 0.15) is 12.1 Å². The predicted molar refractivity (Wildman–Crippen MR) is 98.1 cm³/mol. The van der Waals surface area contributed by atoms with E-state index in [-0.39, 0.29) is 18.5 Å². The Hall–Kier alpha value is -2.37. The molecule has 1 saturated heterocycles. The number of urea groups is 1. The number of nitrogens with one attached hydrogen (secondary N) is 2. The molecule has 1 aromatic carbocycles. The SMILES string of the molecule is C[C@H]1[C@@H](NC(=O)CN2C(=O)N[C@](C)(c3ccccc3)C2=O)CCC[C@@H]1C. The van der Waals surface area contributed by atoms with Crippen LogP contribution in [-0.2, 0) is 15.1 Å². The molecule has 2 N–H and O–H groups in total. The lowest BCUT2D eigenvalue weighted by Crippen LogP contribution is -2.48. The van der Waals surface area contributed by atoms with Crippen LogP contribution in [0.25, 0.3) is 0 Å². The Bertz CT molecular complexity index is 706. The molecule has 0 bridgehead atoms. The molecule has 6 nitrogen and oxygen atoms in total. The van der Waals surface area contributed by atoms with Gasteiger partial charge in [-0.25, -0.2) is 4.79 Å². The van der Waals surface area contributed by atoms with Crippen molar-refractivity contribution in [3.8, 4) is 0 Å². The molecular formula is C20H27N3O3. The highest BCUT2D eigenvalue weighted by Gasteiger charge is 2.49. The lowest BCUT2D eigenvalue weighted by molar-refractivity contribution is -0.135. The first kappa shape index (κ1) is 18.4. The van der Waals surface area contributed by atoms with Gasteiger partial charge in [-0.1, -0.05) is 57.0 Å². The van der Waals surface area contributed by atoms with Crippen LogP contribution in [0.2, 0.25) is 0 Å². The van der Waals surface area contributed by atoms with E-state index in [9.17, 15) is 14.4 Å². The van der Waals surface area contributed by atoms with E-state index in [0.29, 0.717) is 17.4 Å². The lowest BCUT2D eigenvalue weighted by atomic mass is 9.78. The van der Waals surface area contributed by atoms with Gasteiger partial charge < -0.3 is 10.6 Å². The van der Waals surface area contributed by atoms with Crippen LogP contribution in [0.1, 0.15) is 45.6 Å². The Morgan fingerprint density at radius 3 is 2.62 bits per heavy atom.